The number of sulfonamides is 1. The van der Waals surface area contributed by atoms with Gasteiger partial charge in [0.25, 0.3) is 10.0 Å². The molecule has 2 aliphatic rings. The highest BCUT2D eigenvalue weighted by atomic mass is 35.5. The summed E-state index contributed by atoms with van der Waals surface area (Å²) in [4.78, 5) is 16.5. The molecule has 2 unspecified atom stereocenters. The van der Waals surface area contributed by atoms with Gasteiger partial charge >= 0.3 is 6.09 Å². The maximum atomic E-state index is 16.1. The predicted molar refractivity (Wildman–Crippen MR) is 170 cm³/mol. The van der Waals surface area contributed by atoms with E-state index in [2.05, 4.69) is 10.3 Å². The van der Waals surface area contributed by atoms with Crippen LogP contribution < -0.4 is 24.0 Å². The van der Waals surface area contributed by atoms with Gasteiger partial charge < -0.3 is 24.4 Å². The molecule has 1 N–H and O–H groups in total. The van der Waals surface area contributed by atoms with E-state index < -0.39 is 61.6 Å². The van der Waals surface area contributed by atoms with Gasteiger partial charge in [-0.1, -0.05) is 17.7 Å². The molecule has 2 heterocycles. The lowest BCUT2D eigenvalue weighted by Gasteiger charge is -2.47. The Kier molecular flexibility index (Phi) is 9.48. The lowest BCUT2D eigenvalue weighted by atomic mass is 9.64. The van der Waals surface area contributed by atoms with E-state index in [0.29, 0.717) is 36.0 Å². The first-order valence-electron chi connectivity index (χ1n) is 14.9. The number of nitrogens with one attached hydrogen (secondary N) is 1. The van der Waals surface area contributed by atoms with Crippen molar-refractivity contribution >= 4 is 39.2 Å². The number of hydrogen-bond acceptors (Lipinski definition) is 8. The Bertz CT molecular complexity index is 1790. The smallest absolute Gasteiger partial charge is 0.407 e. The third kappa shape index (κ3) is 6.89. The molecule has 47 heavy (non-hydrogen) atoms. The molecule has 3 aromatic rings. The van der Waals surface area contributed by atoms with E-state index in [1.165, 1.54) is 38.5 Å². The van der Waals surface area contributed by atoms with Gasteiger partial charge in [-0.3, -0.25) is 0 Å². The first-order chi connectivity index (χ1) is 22.1. The minimum absolute atomic E-state index is 0.0207. The molecule has 1 saturated heterocycles. The van der Waals surface area contributed by atoms with Gasteiger partial charge in [0, 0.05) is 42.2 Å². The Balaban J connectivity index is 1.47. The minimum atomic E-state index is -5.08. The number of nitrogens with zero attached hydrogens (tertiary/aromatic N) is 3. The topological polar surface area (TPSA) is 110 Å². The van der Waals surface area contributed by atoms with Crippen molar-refractivity contribution in [2.24, 2.45) is 5.41 Å². The maximum Gasteiger partial charge on any atom is 0.407 e. The van der Waals surface area contributed by atoms with E-state index in [0.717, 1.165) is 18.6 Å². The number of hydrogen-bond donors (Lipinski definition) is 1. The van der Waals surface area contributed by atoms with Crippen LogP contribution in [-0.2, 0) is 21.3 Å². The Morgan fingerprint density at radius 2 is 1.87 bits per heavy atom. The van der Waals surface area contributed by atoms with Gasteiger partial charge in [-0.15, -0.1) is 0 Å². The number of alkyl carbamates (subject to hydrolysis) is 1. The van der Waals surface area contributed by atoms with Gasteiger partial charge in [0.1, 0.15) is 33.8 Å². The summed E-state index contributed by atoms with van der Waals surface area (Å²) in [5.74, 6) is -3.67. The molecule has 254 valence electrons. The fourth-order valence-corrected chi connectivity index (χ4v) is 7.90. The summed E-state index contributed by atoms with van der Waals surface area (Å²) in [6.45, 7) is 5.46. The summed E-state index contributed by atoms with van der Waals surface area (Å²) in [6.07, 6.45) is 1.54. The van der Waals surface area contributed by atoms with Crippen LogP contribution in [0.4, 0.5) is 29.5 Å². The SMILES string of the molecule is COc1ccc(CN(c2cccc(F)n2)S(=O)(=O)c2c(F)cc(N3CCC4(CCC4NC(=O)OC(C)(C)C)C3)c(Cl)c2F)c(OC)c1. The normalized spacial score (nSPS) is 19.3. The zero-order valence-corrected chi connectivity index (χ0v) is 28.1. The summed E-state index contributed by atoms with van der Waals surface area (Å²) in [5, 5.41) is 2.32. The van der Waals surface area contributed by atoms with Gasteiger partial charge in [-0.25, -0.2) is 31.3 Å². The lowest BCUT2D eigenvalue weighted by molar-refractivity contribution is 0.0298. The van der Waals surface area contributed by atoms with E-state index in [4.69, 9.17) is 25.8 Å². The summed E-state index contributed by atoms with van der Waals surface area (Å²) in [6, 6.07) is 8.67. The van der Waals surface area contributed by atoms with Crippen LogP contribution in [0.1, 0.15) is 45.6 Å². The molecule has 5 rings (SSSR count). The van der Waals surface area contributed by atoms with Crippen LogP contribution in [-0.4, -0.2) is 58.4 Å². The van der Waals surface area contributed by atoms with Crippen molar-refractivity contribution in [3.05, 3.63) is 70.6 Å². The average molecular weight is 697 g/mol. The molecule has 1 amide bonds. The molecule has 1 saturated carbocycles. The number of anilines is 2. The van der Waals surface area contributed by atoms with Crippen LogP contribution in [0.25, 0.3) is 0 Å². The van der Waals surface area contributed by atoms with Crippen LogP contribution in [0.5, 0.6) is 11.5 Å². The Morgan fingerprint density at radius 3 is 2.49 bits per heavy atom. The number of pyridine rings is 1. The zero-order chi connectivity index (χ0) is 34.3. The van der Waals surface area contributed by atoms with Crippen LogP contribution >= 0.6 is 11.6 Å². The lowest BCUT2D eigenvalue weighted by Crippen LogP contribution is -2.57. The predicted octanol–water partition coefficient (Wildman–Crippen LogP) is 6.45. The molecular formula is C32H36ClF3N4O6S. The number of rotatable bonds is 9. The molecule has 1 aliphatic carbocycles. The summed E-state index contributed by atoms with van der Waals surface area (Å²) in [5.41, 5.74) is -0.777. The first kappa shape index (κ1) is 34.4. The highest BCUT2D eigenvalue weighted by Crippen LogP contribution is 2.50. The van der Waals surface area contributed by atoms with E-state index in [9.17, 15) is 17.6 Å². The van der Waals surface area contributed by atoms with Gasteiger partial charge in [0.2, 0.25) is 5.95 Å². The molecule has 0 radical (unpaired) electrons. The number of amides is 1. The Hall–Kier alpha value is -3.91. The third-order valence-corrected chi connectivity index (χ3v) is 10.6. The fraction of sp³-hybridized carbons (Fsp3) is 0.438. The quantitative estimate of drug-likeness (QED) is 0.201. The molecule has 2 aromatic carbocycles. The van der Waals surface area contributed by atoms with Gasteiger partial charge in [-0.2, -0.15) is 4.39 Å². The van der Waals surface area contributed by atoms with Crippen LogP contribution in [0.3, 0.4) is 0 Å². The van der Waals surface area contributed by atoms with Crippen LogP contribution in [0, 0.1) is 23.0 Å². The monoisotopic (exact) mass is 696 g/mol. The van der Waals surface area contributed by atoms with Crippen molar-refractivity contribution < 1.29 is 40.6 Å². The molecule has 10 nitrogen and oxygen atoms in total. The number of carbonyl (C=O) groups is 1. The van der Waals surface area contributed by atoms with Crippen molar-refractivity contribution in [1.82, 2.24) is 10.3 Å². The molecule has 0 bridgehead atoms. The second-order valence-electron chi connectivity index (χ2n) is 12.6. The standard InChI is InChI=1S/C32H36ClF3N4O6S/c1-31(2,3)46-30(41)37-24-11-12-32(24)13-14-39(18-32)22-16-21(34)29(28(36)27(22)33)47(42,43)40(26-8-6-7-25(35)38-26)17-19-9-10-20(44-4)15-23(19)45-5/h6-10,15-16,24H,11-14,17-18H2,1-5H3,(H,37,41). The second-order valence-corrected chi connectivity index (χ2v) is 14.8. The zero-order valence-electron chi connectivity index (χ0n) is 26.6. The van der Waals surface area contributed by atoms with E-state index in [-0.39, 0.29) is 28.5 Å². The Labute approximate surface area is 276 Å². The largest absolute Gasteiger partial charge is 0.497 e. The molecule has 1 aliphatic heterocycles. The van der Waals surface area contributed by atoms with Gasteiger partial charge in [0.15, 0.2) is 10.7 Å². The molecule has 1 aromatic heterocycles. The van der Waals surface area contributed by atoms with Gasteiger partial charge in [0.05, 0.1) is 26.5 Å². The van der Waals surface area contributed by atoms with Crippen molar-refractivity contribution in [2.75, 3.05) is 36.5 Å². The molecular weight excluding hydrogens is 661 g/mol. The average Bonchev–Trinajstić information content (AvgIpc) is 3.47. The van der Waals surface area contributed by atoms with E-state index in [1.54, 1.807) is 31.7 Å². The summed E-state index contributed by atoms with van der Waals surface area (Å²) < 4.78 is 91.0. The highest BCUT2D eigenvalue weighted by Gasteiger charge is 2.52. The molecule has 15 heteroatoms. The second kappa shape index (κ2) is 12.9. The highest BCUT2D eigenvalue weighted by molar-refractivity contribution is 7.92. The number of benzene rings is 2. The molecule has 2 atom stereocenters. The van der Waals surface area contributed by atoms with Crippen LogP contribution in [0.2, 0.25) is 5.02 Å². The number of ether oxygens (including phenoxy) is 3. The number of halogens is 4. The fourth-order valence-electron chi connectivity index (χ4n) is 6.07. The summed E-state index contributed by atoms with van der Waals surface area (Å²) in [7, 11) is -2.29. The van der Waals surface area contributed by atoms with E-state index >= 15 is 8.78 Å². The number of aromatic nitrogens is 1. The van der Waals surface area contributed by atoms with Crippen LogP contribution in [0.15, 0.2) is 47.4 Å². The van der Waals surface area contributed by atoms with Crippen molar-refractivity contribution in [2.45, 2.75) is 63.1 Å². The maximum absolute atomic E-state index is 16.1. The number of methoxy groups -OCH3 is 2. The van der Waals surface area contributed by atoms with Crippen molar-refractivity contribution in [3.8, 4) is 11.5 Å². The Morgan fingerprint density at radius 1 is 1.13 bits per heavy atom. The third-order valence-electron chi connectivity index (χ3n) is 8.50. The first-order valence-corrected chi connectivity index (χ1v) is 16.7. The summed E-state index contributed by atoms with van der Waals surface area (Å²) >= 11 is 6.46. The minimum Gasteiger partial charge on any atom is -0.497 e. The molecule has 1 spiro atoms. The van der Waals surface area contributed by atoms with Crippen molar-refractivity contribution in [1.29, 1.82) is 0 Å². The van der Waals surface area contributed by atoms with Gasteiger partial charge in [-0.05, 0) is 64.3 Å². The number of carbonyl (C=O) groups excluding carboxylic acids is 1. The molecule has 2 fully saturated rings. The van der Waals surface area contributed by atoms with E-state index in [1.807, 2.05) is 0 Å². The van der Waals surface area contributed by atoms with Crippen molar-refractivity contribution in [3.63, 3.8) is 0 Å².